The number of β-amino-alcohol motifs (C(OH)–C–C–N with tert-alkyl or cyclic N) is 1. The van der Waals surface area contributed by atoms with Crippen LogP contribution in [-0.4, -0.2) is 44.7 Å². The van der Waals surface area contributed by atoms with Gasteiger partial charge in [-0.25, -0.2) is 4.98 Å². The van der Waals surface area contributed by atoms with Crippen LogP contribution in [0.2, 0.25) is 0 Å². The Labute approximate surface area is 82.0 Å². The minimum Gasteiger partial charge on any atom is -0.391 e. The van der Waals surface area contributed by atoms with Crippen molar-refractivity contribution >= 4 is 5.91 Å². The minimum atomic E-state index is -0.373. The van der Waals surface area contributed by atoms with Gasteiger partial charge in [0.15, 0.2) is 0 Å². The molecule has 1 aromatic heterocycles. The molecule has 0 bridgehead atoms. The molecule has 0 saturated carbocycles. The van der Waals surface area contributed by atoms with Gasteiger partial charge in [-0.2, -0.15) is 0 Å². The van der Waals surface area contributed by atoms with Crippen LogP contribution in [0.25, 0.3) is 0 Å². The lowest BCUT2D eigenvalue weighted by atomic mass is 10.3. The number of aliphatic hydroxyl groups excluding tert-OH is 1. The molecule has 0 aliphatic carbocycles. The van der Waals surface area contributed by atoms with E-state index < -0.39 is 0 Å². The van der Waals surface area contributed by atoms with Crippen LogP contribution in [0.15, 0.2) is 12.5 Å². The lowest BCUT2D eigenvalue weighted by molar-refractivity contribution is 0.0759. The normalized spacial score (nSPS) is 21.6. The van der Waals surface area contributed by atoms with Crippen LogP contribution in [0.5, 0.6) is 0 Å². The Balaban J connectivity index is 2.09. The summed E-state index contributed by atoms with van der Waals surface area (Å²) in [6.45, 7) is 1.05. The first-order valence-electron chi connectivity index (χ1n) is 4.62. The van der Waals surface area contributed by atoms with Crippen molar-refractivity contribution in [3.8, 4) is 0 Å². The molecule has 1 amide bonds. The lowest BCUT2D eigenvalue weighted by Gasteiger charge is -2.13. The molecule has 1 fully saturated rings. The van der Waals surface area contributed by atoms with Gasteiger partial charge in [0.25, 0.3) is 5.91 Å². The van der Waals surface area contributed by atoms with E-state index in [1.807, 2.05) is 7.05 Å². The second-order valence-electron chi connectivity index (χ2n) is 3.62. The van der Waals surface area contributed by atoms with E-state index in [2.05, 4.69) is 4.98 Å². The number of carbonyl (C=O) groups excluding carboxylic acids is 1. The van der Waals surface area contributed by atoms with E-state index >= 15 is 0 Å². The highest BCUT2D eigenvalue weighted by molar-refractivity contribution is 5.92. The van der Waals surface area contributed by atoms with Crippen LogP contribution in [-0.2, 0) is 7.05 Å². The van der Waals surface area contributed by atoms with Crippen LogP contribution in [0.1, 0.15) is 16.9 Å². The summed E-state index contributed by atoms with van der Waals surface area (Å²) in [5, 5.41) is 9.28. The quantitative estimate of drug-likeness (QED) is 0.665. The Morgan fingerprint density at radius 2 is 2.50 bits per heavy atom. The van der Waals surface area contributed by atoms with Gasteiger partial charge < -0.3 is 14.6 Å². The zero-order valence-corrected chi connectivity index (χ0v) is 8.05. The van der Waals surface area contributed by atoms with Gasteiger partial charge in [0.05, 0.1) is 12.4 Å². The van der Waals surface area contributed by atoms with Gasteiger partial charge in [-0.1, -0.05) is 0 Å². The maximum Gasteiger partial charge on any atom is 0.274 e. The summed E-state index contributed by atoms with van der Waals surface area (Å²) in [4.78, 5) is 17.4. The number of aryl methyl sites for hydroxylation is 1. The molecule has 1 N–H and O–H groups in total. The molecular weight excluding hydrogens is 182 g/mol. The number of carbonyl (C=O) groups is 1. The minimum absolute atomic E-state index is 0.0952. The molecule has 1 unspecified atom stereocenters. The first kappa shape index (κ1) is 9.21. The third kappa shape index (κ3) is 1.63. The fourth-order valence-electron chi connectivity index (χ4n) is 1.61. The number of aliphatic hydroxyl groups is 1. The van der Waals surface area contributed by atoms with Gasteiger partial charge in [-0.05, 0) is 6.42 Å². The maximum absolute atomic E-state index is 11.7. The number of nitrogens with zero attached hydrogens (tertiary/aromatic N) is 3. The Kier molecular flexibility index (Phi) is 2.25. The van der Waals surface area contributed by atoms with E-state index in [9.17, 15) is 9.90 Å². The average Bonchev–Trinajstić information content (AvgIpc) is 2.73. The number of amides is 1. The molecule has 5 nitrogen and oxygen atoms in total. The summed E-state index contributed by atoms with van der Waals surface area (Å²) >= 11 is 0. The fraction of sp³-hybridized carbons (Fsp3) is 0.556. The van der Waals surface area contributed by atoms with Crippen molar-refractivity contribution in [3.05, 3.63) is 18.2 Å². The van der Waals surface area contributed by atoms with Gasteiger partial charge in [-0.15, -0.1) is 0 Å². The Bertz CT molecular complexity index is 348. The monoisotopic (exact) mass is 195 g/mol. The summed E-state index contributed by atoms with van der Waals surface area (Å²) in [5.41, 5.74) is 0.446. The molecule has 1 aliphatic heterocycles. The highest BCUT2D eigenvalue weighted by Gasteiger charge is 2.26. The molecule has 14 heavy (non-hydrogen) atoms. The van der Waals surface area contributed by atoms with Crippen LogP contribution in [0, 0.1) is 0 Å². The largest absolute Gasteiger partial charge is 0.391 e. The Hall–Kier alpha value is -1.36. The van der Waals surface area contributed by atoms with Crippen molar-refractivity contribution in [1.29, 1.82) is 0 Å². The maximum atomic E-state index is 11.7. The predicted octanol–water partition coefficient (Wildman–Crippen LogP) is -0.373. The van der Waals surface area contributed by atoms with Crippen molar-refractivity contribution in [2.45, 2.75) is 12.5 Å². The molecule has 2 heterocycles. The van der Waals surface area contributed by atoms with E-state index in [4.69, 9.17) is 0 Å². The predicted molar refractivity (Wildman–Crippen MR) is 49.7 cm³/mol. The molecule has 1 atom stereocenters. The highest BCUT2D eigenvalue weighted by atomic mass is 16.3. The van der Waals surface area contributed by atoms with Crippen LogP contribution in [0.3, 0.4) is 0 Å². The van der Waals surface area contributed by atoms with E-state index in [1.54, 1.807) is 22.0 Å². The third-order valence-electron chi connectivity index (χ3n) is 2.37. The molecule has 5 heteroatoms. The molecule has 2 rings (SSSR count). The summed E-state index contributed by atoms with van der Waals surface area (Å²) < 4.78 is 1.74. The molecular formula is C9H13N3O2. The summed E-state index contributed by atoms with van der Waals surface area (Å²) in [5.74, 6) is -0.0952. The summed E-state index contributed by atoms with van der Waals surface area (Å²) in [7, 11) is 1.82. The van der Waals surface area contributed by atoms with Crippen molar-refractivity contribution < 1.29 is 9.90 Å². The fourth-order valence-corrected chi connectivity index (χ4v) is 1.61. The highest BCUT2D eigenvalue weighted by Crippen LogP contribution is 2.11. The molecule has 0 radical (unpaired) electrons. The topological polar surface area (TPSA) is 58.4 Å². The lowest BCUT2D eigenvalue weighted by Crippen LogP contribution is -2.29. The van der Waals surface area contributed by atoms with E-state index in [-0.39, 0.29) is 12.0 Å². The summed E-state index contributed by atoms with van der Waals surface area (Å²) in [6, 6.07) is 0. The summed E-state index contributed by atoms with van der Waals surface area (Å²) in [6.07, 6.45) is 3.58. The van der Waals surface area contributed by atoms with Crippen LogP contribution in [0.4, 0.5) is 0 Å². The van der Waals surface area contributed by atoms with Crippen molar-refractivity contribution in [2.24, 2.45) is 7.05 Å². The molecule has 0 spiro atoms. The molecule has 1 saturated heterocycles. The zero-order valence-electron chi connectivity index (χ0n) is 8.05. The smallest absolute Gasteiger partial charge is 0.274 e. The number of likely N-dealkylation sites (tertiary alicyclic amines) is 1. The SMILES string of the molecule is Cn1cnc(C(=O)N2CCC(O)C2)c1. The first-order chi connectivity index (χ1) is 6.66. The van der Waals surface area contributed by atoms with Crippen molar-refractivity contribution in [2.75, 3.05) is 13.1 Å². The van der Waals surface area contributed by atoms with E-state index in [1.165, 1.54) is 0 Å². The Morgan fingerprint density at radius 3 is 3.00 bits per heavy atom. The van der Waals surface area contributed by atoms with Crippen molar-refractivity contribution in [1.82, 2.24) is 14.5 Å². The number of hydrogen-bond acceptors (Lipinski definition) is 3. The number of rotatable bonds is 1. The number of aromatic nitrogens is 2. The van der Waals surface area contributed by atoms with E-state index in [0.717, 1.165) is 0 Å². The van der Waals surface area contributed by atoms with Crippen molar-refractivity contribution in [3.63, 3.8) is 0 Å². The second-order valence-corrected chi connectivity index (χ2v) is 3.62. The average molecular weight is 195 g/mol. The van der Waals surface area contributed by atoms with E-state index in [0.29, 0.717) is 25.2 Å². The standard InChI is InChI=1S/C9H13N3O2/c1-11-5-8(10-6-11)9(14)12-3-2-7(13)4-12/h5-7,13H,2-4H2,1H3. The van der Waals surface area contributed by atoms with Gasteiger partial charge in [0, 0.05) is 26.3 Å². The third-order valence-corrected chi connectivity index (χ3v) is 2.37. The number of hydrogen-bond donors (Lipinski definition) is 1. The van der Waals surface area contributed by atoms with Crippen LogP contribution >= 0.6 is 0 Å². The molecule has 0 aromatic carbocycles. The second kappa shape index (κ2) is 3.42. The molecule has 76 valence electrons. The molecule has 1 aliphatic rings. The van der Waals surface area contributed by atoms with Gasteiger partial charge in [0.2, 0.25) is 0 Å². The van der Waals surface area contributed by atoms with Gasteiger partial charge in [0.1, 0.15) is 5.69 Å². The van der Waals surface area contributed by atoms with Crippen LogP contribution < -0.4 is 0 Å². The van der Waals surface area contributed by atoms with Gasteiger partial charge >= 0.3 is 0 Å². The number of imidazole rings is 1. The van der Waals surface area contributed by atoms with Gasteiger partial charge in [-0.3, -0.25) is 4.79 Å². The first-order valence-corrected chi connectivity index (χ1v) is 4.62. The Morgan fingerprint density at radius 1 is 1.71 bits per heavy atom. The zero-order chi connectivity index (χ0) is 10.1. The molecule has 1 aromatic rings.